The molecule has 0 saturated carbocycles. The van der Waals surface area contributed by atoms with Gasteiger partial charge in [-0.25, -0.2) is 0 Å². The van der Waals surface area contributed by atoms with Crippen molar-refractivity contribution in [2.45, 2.75) is 38.5 Å². The van der Waals surface area contributed by atoms with Crippen LogP contribution in [0.15, 0.2) is 10.6 Å². The summed E-state index contributed by atoms with van der Waals surface area (Å²) in [5, 5.41) is 30.8. The van der Waals surface area contributed by atoms with Crippen molar-refractivity contribution in [2.75, 3.05) is 0 Å². The van der Waals surface area contributed by atoms with Gasteiger partial charge in [0.15, 0.2) is 5.76 Å². The highest BCUT2D eigenvalue weighted by Gasteiger charge is 2.38. The lowest BCUT2D eigenvalue weighted by molar-refractivity contribution is -0.138. The number of nitrogens with zero attached hydrogens (tertiary/aromatic N) is 3. The Morgan fingerprint density at radius 3 is 2.35 bits per heavy atom. The molecule has 0 aliphatic carbocycles. The van der Waals surface area contributed by atoms with Gasteiger partial charge in [-0.05, 0) is 13.3 Å². The Morgan fingerprint density at radius 2 is 1.95 bits per heavy atom. The molecule has 0 aliphatic heterocycles. The van der Waals surface area contributed by atoms with Gasteiger partial charge in [0.2, 0.25) is 0 Å². The standard InChI is InChI=1S/C12H12F3N3O2/c1-8(19)10-4-9(18-20-10)5-11(6-16,7-17)2-3-12(13,14)15/h4,8,19H,2-3,5H2,1H3. The summed E-state index contributed by atoms with van der Waals surface area (Å²) in [7, 11) is 0. The van der Waals surface area contributed by atoms with Crippen LogP contribution < -0.4 is 0 Å². The largest absolute Gasteiger partial charge is 0.389 e. The van der Waals surface area contributed by atoms with Gasteiger partial charge in [-0.2, -0.15) is 23.7 Å². The molecule has 1 rings (SSSR count). The zero-order valence-electron chi connectivity index (χ0n) is 10.6. The first-order chi connectivity index (χ1) is 9.21. The van der Waals surface area contributed by atoms with E-state index in [9.17, 15) is 18.3 Å². The average molecular weight is 287 g/mol. The maximum atomic E-state index is 12.2. The normalized spacial score (nSPS) is 13.6. The predicted octanol–water partition coefficient (Wildman–Crippen LogP) is 2.65. The van der Waals surface area contributed by atoms with Crippen molar-refractivity contribution in [2.24, 2.45) is 5.41 Å². The molecule has 20 heavy (non-hydrogen) atoms. The maximum Gasteiger partial charge on any atom is 0.389 e. The smallest absolute Gasteiger partial charge is 0.385 e. The minimum atomic E-state index is -4.44. The van der Waals surface area contributed by atoms with Crippen LogP contribution in [0.1, 0.15) is 37.3 Å². The molecule has 0 spiro atoms. The molecular weight excluding hydrogens is 275 g/mol. The van der Waals surface area contributed by atoms with Crippen LogP contribution in [-0.2, 0) is 6.42 Å². The minimum Gasteiger partial charge on any atom is -0.385 e. The molecule has 0 fully saturated rings. The molecule has 0 aliphatic rings. The molecular formula is C12H12F3N3O2. The van der Waals surface area contributed by atoms with Gasteiger partial charge < -0.3 is 9.63 Å². The lowest BCUT2D eigenvalue weighted by atomic mass is 9.81. The van der Waals surface area contributed by atoms with E-state index >= 15 is 0 Å². The van der Waals surface area contributed by atoms with Crippen molar-refractivity contribution in [3.63, 3.8) is 0 Å². The Balaban J connectivity index is 2.86. The second-order valence-corrected chi connectivity index (χ2v) is 4.49. The van der Waals surface area contributed by atoms with Crippen LogP contribution in [0.3, 0.4) is 0 Å². The Labute approximate surface area is 113 Å². The van der Waals surface area contributed by atoms with E-state index in [1.54, 1.807) is 12.1 Å². The van der Waals surface area contributed by atoms with Crippen LogP contribution in [0, 0.1) is 28.1 Å². The summed E-state index contributed by atoms with van der Waals surface area (Å²) in [4.78, 5) is 0. The quantitative estimate of drug-likeness (QED) is 0.898. The lowest BCUT2D eigenvalue weighted by Crippen LogP contribution is -2.23. The Hall–Kier alpha value is -2.06. The van der Waals surface area contributed by atoms with Gasteiger partial charge >= 0.3 is 6.18 Å². The Bertz CT molecular complexity index is 523. The van der Waals surface area contributed by atoms with Crippen molar-refractivity contribution in [1.29, 1.82) is 10.5 Å². The number of halogens is 3. The van der Waals surface area contributed by atoms with E-state index in [1.165, 1.54) is 13.0 Å². The van der Waals surface area contributed by atoms with E-state index in [4.69, 9.17) is 15.0 Å². The van der Waals surface area contributed by atoms with E-state index in [-0.39, 0.29) is 17.9 Å². The summed E-state index contributed by atoms with van der Waals surface area (Å²) in [5.74, 6) is 0.126. The number of rotatable bonds is 5. The monoisotopic (exact) mass is 287 g/mol. The van der Waals surface area contributed by atoms with Crippen molar-refractivity contribution in [3.05, 3.63) is 17.5 Å². The third kappa shape index (κ3) is 4.25. The van der Waals surface area contributed by atoms with E-state index in [1.807, 2.05) is 0 Å². The van der Waals surface area contributed by atoms with Crippen LogP contribution in [0.5, 0.6) is 0 Å². The molecule has 1 aromatic heterocycles. The van der Waals surface area contributed by atoms with Gasteiger partial charge in [-0.15, -0.1) is 0 Å². The molecule has 0 bridgehead atoms. The lowest BCUT2D eigenvalue weighted by Gasteiger charge is -2.17. The van der Waals surface area contributed by atoms with Crippen molar-refractivity contribution in [1.82, 2.24) is 5.16 Å². The van der Waals surface area contributed by atoms with Gasteiger partial charge in [0.1, 0.15) is 11.5 Å². The second-order valence-electron chi connectivity index (χ2n) is 4.49. The highest BCUT2D eigenvalue weighted by molar-refractivity contribution is 5.20. The number of nitriles is 2. The average Bonchev–Trinajstić information content (AvgIpc) is 2.82. The zero-order valence-corrected chi connectivity index (χ0v) is 10.6. The molecule has 1 atom stereocenters. The van der Waals surface area contributed by atoms with Gasteiger partial charge in [-0.1, -0.05) is 5.16 Å². The van der Waals surface area contributed by atoms with Crippen molar-refractivity contribution in [3.8, 4) is 12.1 Å². The Kier molecular flexibility index (Phi) is 4.74. The minimum absolute atomic E-state index is 0.126. The summed E-state index contributed by atoms with van der Waals surface area (Å²) in [5.41, 5.74) is -1.66. The molecule has 1 heterocycles. The highest BCUT2D eigenvalue weighted by atomic mass is 19.4. The fourth-order valence-corrected chi connectivity index (χ4v) is 1.58. The van der Waals surface area contributed by atoms with Crippen LogP contribution >= 0.6 is 0 Å². The number of aliphatic hydroxyl groups is 1. The highest BCUT2D eigenvalue weighted by Crippen LogP contribution is 2.33. The number of hydrogen-bond acceptors (Lipinski definition) is 5. The second kappa shape index (κ2) is 5.93. The molecule has 0 amide bonds. The van der Waals surface area contributed by atoms with Gasteiger partial charge in [0, 0.05) is 18.9 Å². The molecule has 0 aromatic carbocycles. The molecule has 0 saturated heterocycles. The van der Waals surface area contributed by atoms with Gasteiger partial charge in [-0.3, -0.25) is 0 Å². The third-order valence-corrected chi connectivity index (χ3v) is 2.74. The van der Waals surface area contributed by atoms with Crippen molar-refractivity contribution >= 4 is 0 Å². The van der Waals surface area contributed by atoms with E-state index in [2.05, 4.69) is 5.16 Å². The molecule has 1 N–H and O–H groups in total. The zero-order chi connectivity index (χ0) is 15.4. The first kappa shape index (κ1) is 16.0. The molecule has 0 radical (unpaired) electrons. The molecule has 8 heteroatoms. The Morgan fingerprint density at radius 1 is 1.35 bits per heavy atom. The number of aliphatic hydroxyl groups excluding tert-OH is 1. The van der Waals surface area contributed by atoms with Crippen LogP contribution in [0.4, 0.5) is 13.2 Å². The van der Waals surface area contributed by atoms with Gasteiger partial charge in [0.25, 0.3) is 0 Å². The number of hydrogen-bond donors (Lipinski definition) is 1. The van der Waals surface area contributed by atoms with E-state index in [0.29, 0.717) is 0 Å². The number of aromatic nitrogens is 1. The fourth-order valence-electron chi connectivity index (χ4n) is 1.58. The van der Waals surface area contributed by atoms with Crippen LogP contribution in [-0.4, -0.2) is 16.4 Å². The summed E-state index contributed by atoms with van der Waals surface area (Å²) < 4.78 is 41.4. The predicted molar refractivity (Wildman–Crippen MR) is 59.8 cm³/mol. The van der Waals surface area contributed by atoms with E-state index < -0.39 is 30.5 Å². The molecule has 5 nitrogen and oxygen atoms in total. The summed E-state index contributed by atoms with van der Waals surface area (Å²) in [6.45, 7) is 1.43. The van der Waals surface area contributed by atoms with E-state index in [0.717, 1.165) is 0 Å². The topological polar surface area (TPSA) is 93.8 Å². The first-order valence-electron chi connectivity index (χ1n) is 5.74. The fraction of sp³-hybridized carbons (Fsp3) is 0.583. The van der Waals surface area contributed by atoms with Crippen molar-refractivity contribution < 1.29 is 22.8 Å². The summed E-state index contributed by atoms with van der Waals surface area (Å²) in [6.07, 6.45) is -7.51. The first-order valence-corrected chi connectivity index (χ1v) is 5.74. The maximum absolute atomic E-state index is 12.2. The molecule has 1 unspecified atom stereocenters. The molecule has 1 aromatic rings. The SMILES string of the molecule is CC(O)c1cc(CC(C#N)(C#N)CCC(F)(F)F)no1. The summed E-state index contributed by atoms with van der Waals surface area (Å²) in [6, 6.07) is 4.56. The molecule has 108 valence electrons. The number of alkyl halides is 3. The summed E-state index contributed by atoms with van der Waals surface area (Å²) >= 11 is 0. The van der Waals surface area contributed by atoms with Crippen LogP contribution in [0.25, 0.3) is 0 Å². The van der Waals surface area contributed by atoms with Gasteiger partial charge in [0.05, 0.1) is 17.8 Å². The third-order valence-electron chi connectivity index (χ3n) is 2.74. The van der Waals surface area contributed by atoms with Crippen LogP contribution in [0.2, 0.25) is 0 Å².